The Bertz CT molecular complexity index is 2990. The first-order valence-electron chi connectivity index (χ1n) is 18.9. The van der Waals surface area contributed by atoms with Crippen LogP contribution in [0.1, 0.15) is 22.3 Å². The van der Waals surface area contributed by atoms with E-state index in [4.69, 9.17) is 0 Å². The van der Waals surface area contributed by atoms with Gasteiger partial charge in [0.15, 0.2) is 0 Å². The quantitative estimate of drug-likeness (QED) is 0.166. The summed E-state index contributed by atoms with van der Waals surface area (Å²) < 4.78 is 2.58. The average molecular weight is 718 g/mol. The Morgan fingerprint density at radius 3 is 1.76 bits per heavy atom. The number of benzene rings is 9. The molecule has 0 unspecified atom stereocenters. The van der Waals surface area contributed by atoms with Crippen molar-refractivity contribution in [2.45, 2.75) is 5.41 Å². The first-order valence-corrected chi connectivity index (χ1v) is 19.7. The normalized spacial score (nSPS) is 12.9. The third-order valence-electron chi connectivity index (χ3n) is 11.5. The molecule has 0 radical (unpaired) electrons. The third-order valence-corrected chi connectivity index (χ3v) is 12.7. The van der Waals surface area contributed by atoms with Gasteiger partial charge in [-0.15, -0.1) is 11.3 Å². The van der Waals surface area contributed by atoms with Gasteiger partial charge in [0, 0.05) is 26.8 Å². The predicted octanol–water partition coefficient (Wildman–Crippen LogP) is 14.7. The molecule has 55 heavy (non-hydrogen) atoms. The van der Waals surface area contributed by atoms with E-state index in [1.54, 1.807) is 0 Å². The summed E-state index contributed by atoms with van der Waals surface area (Å²) >= 11 is 1.89. The maximum Gasteiger partial charge on any atom is 0.0714 e. The molecule has 0 fully saturated rings. The summed E-state index contributed by atoms with van der Waals surface area (Å²) in [6.45, 7) is 0. The molecule has 10 aromatic rings. The molecular formula is C53H35NS. The minimum atomic E-state index is -0.490. The van der Waals surface area contributed by atoms with Crippen LogP contribution in [0.2, 0.25) is 0 Å². The highest BCUT2D eigenvalue weighted by Gasteiger charge is 2.46. The van der Waals surface area contributed by atoms with E-state index in [1.807, 2.05) is 11.3 Å². The fourth-order valence-electron chi connectivity index (χ4n) is 9.18. The summed E-state index contributed by atoms with van der Waals surface area (Å²) in [6.07, 6.45) is 0. The van der Waals surface area contributed by atoms with Crippen molar-refractivity contribution in [3.05, 3.63) is 235 Å². The lowest BCUT2D eigenvalue weighted by atomic mass is 9.67. The van der Waals surface area contributed by atoms with Crippen LogP contribution in [0.4, 0.5) is 17.1 Å². The zero-order valence-corrected chi connectivity index (χ0v) is 30.9. The van der Waals surface area contributed by atoms with Gasteiger partial charge in [0.05, 0.1) is 15.8 Å². The molecule has 1 heterocycles. The Morgan fingerprint density at radius 2 is 1.00 bits per heavy atom. The Balaban J connectivity index is 1.18. The smallest absolute Gasteiger partial charge is 0.0714 e. The topological polar surface area (TPSA) is 3.24 Å². The van der Waals surface area contributed by atoms with Crippen molar-refractivity contribution in [3.8, 4) is 22.3 Å². The van der Waals surface area contributed by atoms with Crippen molar-refractivity contribution < 1.29 is 0 Å². The first kappa shape index (κ1) is 31.8. The van der Waals surface area contributed by atoms with Gasteiger partial charge in [-0.3, -0.25) is 0 Å². The first-order chi connectivity index (χ1) is 27.3. The van der Waals surface area contributed by atoms with E-state index in [0.717, 1.165) is 11.4 Å². The van der Waals surface area contributed by atoms with Crippen LogP contribution in [-0.2, 0) is 5.41 Å². The molecule has 0 spiro atoms. The maximum atomic E-state index is 2.48. The van der Waals surface area contributed by atoms with Gasteiger partial charge in [-0.05, 0) is 91.7 Å². The second-order valence-corrected chi connectivity index (χ2v) is 15.5. The maximum absolute atomic E-state index is 2.48. The molecule has 0 atom stereocenters. The monoisotopic (exact) mass is 717 g/mol. The van der Waals surface area contributed by atoms with Gasteiger partial charge in [0.1, 0.15) is 0 Å². The molecule has 258 valence electrons. The molecule has 1 aliphatic rings. The van der Waals surface area contributed by atoms with E-state index in [-0.39, 0.29) is 0 Å². The molecule has 1 aliphatic carbocycles. The molecule has 0 bridgehead atoms. The van der Waals surface area contributed by atoms with Gasteiger partial charge in [-0.25, -0.2) is 0 Å². The van der Waals surface area contributed by atoms with Gasteiger partial charge in [0.25, 0.3) is 0 Å². The van der Waals surface area contributed by atoms with Gasteiger partial charge in [0.2, 0.25) is 0 Å². The molecule has 9 aromatic carbocycles. The Hall–Kier alpha value is -6.74. The average Bonchev–Trinajstić information content (AvgIpc) is 3.80. The summed E-state index contributed by atoms with van der Waals surface area (Å²) in [7, 11) is 0. The number of rotatable bonds is 6. The fraction of sp³-hybridized carbons (Fsp3) is 0.0189. The lowest BCUT2D eigenvalue weighted by Gasteiger charge is -2.35. The molecule has 0 N–H and O–H groups in total. The minimum Gasteiger partial charge on any atom is -0.309 e. The highest BCUT2D eigenvalue weighted by atomic mass is 32.1. The summed E-state index contributed by atoms with van der Waals surface area (Å²) in [4.78, 5) is 2.48. The number of anilines is 3. The highest BCUT2D eigenvalue weighted by Crippen LogP contribution is 2.57. The number of thiophene rings is 1. The van der Waals surface area contributed by atoms with Crippen LogP contribution in [0.25, 0.3) is 53.2 Å². The largest absolute Gasteiger partial charge is 0.309 e. The van der Waals surface area contributed by atoms with Crippen LogP contribution in [-0.4, -0.2) is 0 Å². The van der Waals surface area contributed by atoms with E-state index in [0.29, 0.717) is 0 Å². The lowest BCUT2D eigenvalue weighted by Crippen LogP contribution is -2.28. The Kier molecular flexibility index (Phi) is 7.33. The van der Waals surface area contributed by atoms with Crippen molar-refractivity contribution in [3.63, 3.8) is 0 Å². The molecule has 1 nitrogen and oxygen atoms in total. The van der Waals surface area contributed by atoms with Crippen molar-refractivity contribution >= 4 is 59.3 Å². The Labute approximate surface area is 325 Å². The number of nitrogens with zero attached hydrogens (tertiary/aromatic N) is 1. The van der Waals surface area contributed by atoms with Gasteiger partial charge in [-0.1, -0.05) is 176 Å². The summed E-state index contributed by atoms with van der Waals surface area (Å²) in [5, 5.41) is 5.18. The zero-order chi connectivity index (χ0) is 36.3. The van der Waals surface area contributed by atoms with Gasteiger partial charge >= 0.3 is 0 Å². The van der Waals surface area contributed by atoms with Crippen molar-refractivity contribution in [2.24, 2.45) is 0 Å². The van der Waals surface area contributed by atoms with Crippen LogP contribution in [0.5, 0.6) is 0 Å². The SMILES string of the molecule is c1ccc(-c2ccc(N(c3cccc(C4(c5ccccc5)c5ccccc5-c5ccccc54)c3)c3cccc4c3sc3ccc5ccccc5c34)cc2)cc1. The fourth-order valence-corrected chi connectivity index (χ4v) is 10.4. The van der Waals surface area contributed by atoms with Gasteiger partial charge < -0.3 is 4.90 Å². The van der Waals surface area contributed by atoms with Crippen molar-refractivity contribution in [1.82, 2.24) is 0 Å². The number of hydrogen-bond acceptors (Lipinski definition) is 2. The second kappa shape index (κ2) is 12.7. The van der Waals surface area contributed by atoms with Crippen LogP contribution in [0, 0.1) is 0 Å². The third kappa shape index (κ3) is 4.85. The predicted molar refractivity (Wildman–Crippen MR) is 234 cm³/mol. The number of fused-ring (bicyclic) bond motifs is 8. The lowest BCUT2D eigenvalue weighted by molar-refractivity contribution is 0.768. The van der Waals surface area contributed by atoms with E-state index in [2.05, 4.69) is 217 Å². The highest BCUT2D eigenvalue weighted by molar-refractivity contribution is 7.26. The molecule has 0 amide bonds. The summed E-state index contributed by atoms with van der Waals surface area (Å²) in [5.74, 6) is 0. The molecule has 0 saturated heterocycles. The van der Waals surface area contributed by atoms with Crippen molar-refractivity contribution in [2.75, 3.05) is 4.90 Å². The standard InChI is InChI=1S/C53H35NS/c1-3-15-36(16-4-1)37-29-32-41(33-30-37)54(49-28-14-25-46-51-43-22-8-7-17-38(43)31-34-50(51)55-52(46)49)42-21-13-20-40(35-42)53(39-18-5-2-6-19-39)47-26-11-9-23-44(47)45-24-10-12-27-48(45)53/h1-35H. The van der Waals surface area contributed by atoms with E-state index in [9.17, 15) is 0 Å². The zero-order valence-electron chi connectivity index (χ0n) is 30.1. The van der Waals surface area contributed by atoms with Crippen molar-refractivity contribution in [1.29, 1.82) is 0 Å². The molecular weight excluding hydrogens is 683 g/mol. The van der Waals surface area contributed by atoms with Gasteiger partial charge in [-0.2, -0.15) is 0 Å². The van der Waals surface area contributed by atoms with Crippen LogP contribution in [0.3, 0.4) is 0 Å². The number of hydrogen-bond donors (Lipinski definition) is 0. The molecule has 2 heteroatoms. The van der Waals surface area contributed by atoms with E-state index < -0.39 is 5.41 Å². The van der Waals surface area contributed by atoms with Crippen LogP contribution in [0.15, 0.2) is 212 Å². The molecule has 0 saturated carbocycles. The molecule has 0 aliphatic heterocycles. The van der Waals surface area contributed by atoms with Crippen LogP contribution < -0.4 is 4.90 Å². The summed E-state index contributed by atoms with van der Waals surface area (Å²) in [5.41, 5.74) is 13.1. The molecule has 11 rings (SSSR count). The van der Waals surface area contributed by atoms with Crippen LogP contribution >= 0.6 is 11.3 Å². The molecule has 1 aromatic heterocycles. The Morgan fingerprint density at radius 1 is 0.400 bits per heavy atom. The second-order valence-electron chi connectivity index (χ2n) is 14.4. The van der Waals surface area contributed by atoms with E-state index >= 15 is 0 Å². The summed E-state index contributed by atoms with van der Waals surface area (Å²) in [6, 6.07) is 78.2. The minimum absolute atomic E-state index is 0.490. The van der Waals surface area contributed by atoms with E-state index in [1.165, 1.54) is 81.1 Å².